The molecule has 0 spiro atoms. The highest BCUT2D eigenvalue weighted by Gasteiger charge is 2.22. The molecule has 1 N–H and O–H groups in total. The maximum Gasteiger partial charge on any atom is 0.358 e. The molecule has 0 aliphatic rings. The van der Waals surface area contributed by atoms with Gasteiger partial charge in [0.2, 0.25) is 0 Å². The van der Waals surface area contributed by atoms with Crippen molar-refractivity contribution in [2.24, 2.45) is 0 Å². The van der Waals surface area contributed by atoms with Gasteiger partial charge in [-0.1, -0.05) is 19.1 Å². The minimum absolute atomic E-state index is 0.0225. The molecule has 2 aromatic rings. The summed E-state index contributed by atoms with van der Waals surface area (Å²) in [5, 5.41) is 16.9. The van der Waals surface area contributed by atoms with E-state index in [-0.39, 0.29) is 11.6 Å². The van der Waals surface area contributed by atoms with Crippen molar-refractivity contribution in [3.05, 3.63) is 34.1 Å². The van der Waals surface area contributed by atoms with E-state index in [1.54, 1.807) is 13.2 Å². The molecule has 0 saturated heterocycles. The van der Waals surface area contributed by atoms with Gasteiger partial charge in [-0.25, -0.2) is 9.48 Å². The number of halogens is 1. The van der Waals surface area contributed by atoms with E-state index in [4.69, 9.17) is 4.74 Å². The molecular weight excluding hydrogens is 326 g/mol. The number of methoxy groups -OCH3 is 1. The van der Waals surface area contributed by atoms with Crippen molar-refractivity contribution in [2.45, 2.75) is 19.8 Å². The molecule has 1 aromatic carbocycles. The Bertz CT molecular complexity index is 652. The van der Waals surface area contributed by atoms with Crippen LogP contribution in [0, 0.1) is 0 Å². The summed E-state index contributed by atoms with van der Waals surface area (Å²) in [5.41, 5.74) is 1.23. The highest BCUT2D eigenvalue weighted by atomic mass is 79.9. The molecule has 0 atom stereocenters. The highest BCUT2D eigenvalue weighted by molar-refractivity contribution is 9.10. The van der Waals surface area contributed by atoms with Crippen LogP contribution in [0.15, 0.2) is 22.7 Å². The average molecular weight is 340 g/mol. The fraction of sp³-hybridized carbons (Fsp3) is 0.308. The number of hydrogen-bond donors (Lipinski definition) is 1. The van der Waals surface area contributed by atoms with Gasteiger partial charge >= 0.3 is 5.97 Å². The second-order valence-corrected chi connectivity index (χ2v) is 5.37. The topological polar surface area (TPSA) is 77.2 Å². The third-order valence-electron chi connectivity index (χ3n) is 2.83. The van der Waals surface area contributed by atoms with Gasteiger partial charge in [-0.3, -0.25) is 0 Å². The largest absolute Gasteiger partial charge is 0.495 e. The van der Waals surface area contributed by atoms with E-state index in [2.05, 4.69) is 26.2 Å². The number of hydrogen-bond acceptors (Lipinski definition) is 4. The summed E-state index contributed by atoms with van der Waals surface area (Å²) in [5.74, 6) is -0.459. The van der Waals surface area contributed by atoms with Gasteiger partial charge in [0.15, 0.2) is 5.69 Å². The van der Waals surface area contributed by atoms with Gasteiger partial charge in [0.1, 0.15) is 5.75 Å². The van der Waals surface area contributed by atoms with Crippen molar-refractivity contribution in [1.82, 2.24) is 15.0 Å². The Hall–Kier alpha value is -1.89. The molecule has 1 heterocycles. The molecular formula is C13H14BrN3O3. The number of aromatic carboxylic acids is 1. The van der Waals surface area contributed by atoms with Crippen molar-refractivity contribution in [3.8, 4) is 11.4 Å². The number of aromatic nitrogens is 3. The summed E-state index contributed by atoms with van der Waals surface area (Å²) in [6, 6.07) is 5.41. The Balaban J connectivity index is 2.61. The lowest BCUT2D eigenvalue weighted by Gasteiger charge is -2.11. The molecule has 0 aliphatic carbocycles. The maximum atomic E-state index is 11.2. The molecule has 0 aliphatic heterocycles. The molecule has 6 nitrogen and oxygen atoms in total. The third-order valence-corrected chi connectivity index (χ3v) is 3.49. The highest BCUT2D eigenvalue weighted by Crippen LogP contribution is 2.29. The van der Waals surface area contributed by atoms with Crippen LogP contribution in [0.4, 0.5) is 0 Å². The Morgan fingerprint density at radius 2 is 2.15 bits per heavy atom. The quantitative estimate of drug-likeness (QED) is 0.926. The number of ether oxygens (including phenoxy) is 1. The minimum Gasteiger partial charge on any atom is -0.495 e. The van der Waals surface area contributed by atoms with Crippen LogP contribution in [0.5, 0.6) is 5.75 Å². The average Bonchev–Trinajstić information content (AvgIpc) is 2.84. The molecule has 0 bridgehead atoms. The van der Waals surface area contributed by atoms with E-state index in [1.165, 1.54) is 4.68 Å². The van der Waals surface area contributed by atoms with Gasteiger partial charge in [-0.2, -0.15) is 0 Å². The summed E-state index contributed by atoms with van der Waals surface area (Å²) in [6.45, 7) is 3.80. The molecule has 0 amide bonds. The normalized spacial score (nSPS) is 10.8. The fourth-order valence-electron chi connectivity index (χ4n) is 1.93. The van der Waals surface area contributed by atoms with Crippen molar-refractivity contribution < 1.29 is 14.6 Å². The lowest BCUT2D eigenvalue weighted by atomic mass is 10.1. The number of carbonyl (C=O) groups is 1. The Morgan fingerprint density at radius 1 is 1.45 bits per heavy atom. The molecule has 0 saturated carbocycles. The first-order valence-corrected chi connectivity index (χ1v) is 6.77. The van der Waals surface area contributed by atoms with E-state index in [1.807, 2.05) is 26.0 Å². The van der Waals surface area contributed by atoms with Crippen LogP contribution >= 0.6 is 15.9 Å². The zero-order chi connectivity index (χ0) is 14.9. The summed E-state index contributed by atoms with van der Waals surface area (Å²) in [4.78, 5) is 11.2. The standard InChI is InChI=1S/C13H14BrN3O3/c1-7(2)12-11(13(18)19)15-16-17(12)8-4-5-9(14)10(6-8)20-3/h4-7H,1-3H3,(H,18,19). The predicted molar refractivity (Wildman–Crippen MR) is 76.7 cm³/mol. The molecule has 7 heteroatoms. The van der Waals surface area contributed by atoms with Gasteiger partial charge in [0, 0.05) is 6.07 Å². The first-order chi connectivity index (χ1) is 9.45. The number of rotatable bonds is 4. The maximum absolute atomic E-state index is 11.2. The molecule has 1 aromatic heterocycles. The van der Waals surface area contributed by atoms with Crippen LogP contribution in [-0.2, 0) is 0 Å². The second kappa shape index (κ2) is 5.62. The summed E-state index contributed by atoms with van der Waals surface area (Å²) in [7, 11) is 1.57. The molecule has 106 valence electrons. The molecule has 2 rings (SSSR count). The van der Waals surface area contributed by atoms with Crippen LogP contribution in [0.2, 0.25) is 0 Å². The van der Waals surface area contributed by atoms with Gasteiger partial charge in [0.25, 0.3) is 0 Å². The van der Waals surface area contributed by atoms with Crippen LogP contribution in [0.3, 0.4) is 0 Å². The molecule has 0 unspecified atom stereocenters. The van der Waals surface area contributed by atoms with Crippen LogP contribution < -0.4 is 4.74 Å². The Labute approximate surface area is 124 Å². The van der Waals surface area contributed by atoms with Crippen LogP contribution in [-0.4, -0.2) is 33.2 Å². The zero-order valence-electron chi connectivity index (χ0n) is 11.3. The van der Waals surface area contributed by atoms with E-state index in [0.717, 1.165) is 4.47 Å². The lowest BCUT2D eigenvalue weighted by Crippen LogP contribution is -2.08. The number of carboxylic acid groups (broad SMARTS) is 1. The smallest absolute Gasteiger partial charge is 0.358 e. The zero-order valence-corrected chi connectivity index (χ0v) is 12.9. The third kappa shape index (κ3) is 2.53. The van der Waals surface area contributed by atoms with Gasteiger partial charge in [0.05, 0.1) is 23.0 Å². The van der Waals surface area contributed by atoms with Crippen LogP contribution in [0.25, 0.3) is 5.69 Å². The van der Waals surface area contributed by atoms with Gasteiger partial charge in [-0.05, 0) is 34.0 Å². The van der Waals surface area contributed by atoms with E-state index in [9.17, 15) is 9.90 Å². The first kappa shape index (κ1) is 14.5. The van der Waals surface area contributed by atoms with E-state index in [0.29, 0.717) is 17.1 Å². The minimum atomic E-state index is -1.08. The molecule has 0 radical (unpaired) electrons. The Morgan fingerprint density at radius 3 is 2.70 bits per heavy atom. The summed E-state index contributed by atoms with van der Waals surface area (Å²) in [6.07, 6.45) is 0. The molecule has 0 fully saturated rings. The SMILES string of the molecule is COc1cc(-n2nnc(C(=O)O)c2C(C)C)ccc1Br. The van der Waals surface area contributed by atoms with Gasteiger partial charge < -0.3 is 9.84 Å². The van der Waals surface area contributed by atoms with Gasteiger partial charge in [-0.15, -0.1) is 5.10 Å². The van der Waals surface area contributed by atoms with E-state index >= 15 is 0 Å². The monoisotopic (exact) mass is 339 g/mol. The van der Waals surface area contributed by atoms with Crippen molar-refractivity contribution >= 4 is 21.9 Å². The summed E-state index contributed by atoms with van der Waals surface area (Å²) >= 11 is 3.37. The van der Waals surface area contributed by atoms with Crippen molar-refractivity contribution in [2.75, 3.05) is 7.11 Å². The fourth-order valence-corrected chi connectivity index (χ4v) is 2.34. The predicted octanol–water partition coefficient (Wildman–Crippen LogP) is 2.86. The lowest BCUT2D eigenvalue weighted by molar-refractivity contribution is 0.0688. The summed E-state index contributed by atoms with van der Waals surface area (Å²) < 4.78 is 7.58. The number of carboxylic acids is 1. The molecule has 20 heavy (non-hydrogen) atoms. The van der Waals surface area contributed by atoms with Crippen molar-refractivity contribution in [3.63, 3.8) is 0 Å². The number of nitrogens with zero attached hydrogens (tertiary/aromatic N) is 3. The van der Waals surface area contributed by atoms with E-state index < -0.39 is 5.97 Å². The Kier molecular flexibility index (Phi) is 4.08. The van der Waals surface area contributed by atoms with Crippen LogP contribution in [0.1, 0.15) is 35.9 Å². The van der Waals surface area contributed by atoms with Crippen molar-refractivity contribution in [1.29, 1.82) is 0 Å². The number of benzene rings is 1. The second-order valence-electron chi connectivity index (χ2n) is 4.51. The first-order valence-electron chi connectivity index (χ1n) is 5.98.